The van der Waals surface area contributed by atoms with Crippen molar-refractivity contribution >= 4 is 57.6 Å². The van der Waals surface area contributed by atoms with Crippen LogP contribution in [-0.2, 0) is 11.2 Å². The molecule has 5 rings (SSSR count). The monoisotopic (exact) mass is 535 g/mol. The van der Waals surface area contributed by atoms with Crippen LogP contribution in [0.2, 0.25) is 10.0 Å². The number of likely N-dealkylation sites (N-methyl/N-ethyl adjacent to an activating group) is 1. The Bertz CT molecular complexity index is 1440. The number of hydrogen-bond acceptors (Lipinski definition) is 7. The van der Waals surface area contributed by atoms with Gasteiger partial charge in [-0.2, -0.15) is 0 Å². The number of rotatable bonds is 7. The van der Waals surface area contributed by atoms with Crippen LogP contribution in [0, 0.1) is 0 Å². The molecule has 0 amide bonds. The van der Waals surface area contributed by atoms with E-state index in [4.69, 9.17) is 28.2 Å². The number of benzene rings is 2. The van der Waals surface area contributed by atoms with Gasteiger partial charge < -0.3 is 25.0 Å². The number of nitrogens with one attached hydrogen (secondary N) is 1. The van der Waals surface area contributed by atoms with E-state index in [1.54, 1.807) is 18.3 Å². The number of aromatic nitrogens is 2. The third-order valence-corrected chi connectivity index (χ3v) is 7.41. The first-order chi connectivity index (χ1) is 17.8. The predicted molar refractivity (Wildman–Crippen MR) is 150 cm³/mol. The van der Waals surface area contributed by atoms with Crippen molar-refractivity contribution in [2.24, 2.45) is 0 Å². The Kier molecular flexibility index (Phi) is 7.20. The molecule has 1 aliphatic heterocycles. The second-order valence-electron chi connectivity index (χ2n) is 9.43. The summed E-state index contributed by atoms with van der Waals surface area (Å²) in [5, 5.41) is 14.6. The van der Waals surface area contributed by atoms with Gasteiger partial charge in [-0.3, -0.25) is 4.98 Å². The fourth-order valence-electron chi connectivity index (χ4n) is 4.70. The summed E-state index contributed by atoms with van der Waals surface area (Å²) in [7, 11) is 4.22. The van der Waals surface area contributed by atoms with Crippen LogP contribution in [0.4, 0.5) is 17.2 Å². The first-order valence-electron chi connectivity index (χ1n) is 12.0. The van der Waals surface area contributed by atoms with Crippen LogP contribution in [0.1, 0.15) is 12.0 Å². The van der Waals surface area contributed by atoms with Gasteiger partial charge in [0.2, 0.25) is 0 Å². The number of hydrogen-bond donors (Lipinski definition) is 2. The highest BCUT2D eigenvalue weighted by molar-refractivity contribution is 6.37. The molecule has 1 atom stereocenters. The number of phenols is 1. The quantitative estimate of drug-likeness (QED) is 0.283. The fourth-order valence-corrected chi connectivity index (χ4v) is 5.19. The molecule has 2 N–H and O–H groups in total. The molecule has 1 unspecified atom stereocenters. The molecule has 2 aromatic carbocycles. The Labute approximate surface area is 225 Å². The average molecular weight is 536 g/mol. The molecular weight excluding hydrogens is 509 g/mol. The Hall–Kier alpha value is -3.39. The van der Waals surface area contributed by atoms with Gasteiger partial charge in [-0.05, 0) is 68.0 Å². The predicted octanol–water partition coefficient (Wildman–Crippen LogP) is 5.93. The van der Waals surface area contributed by atoms with E-state index in [0.717, 1.165) is 70.6 Å². The van der Waals surface area contributed by atoms with Crippen molar-refractivity contribution in [3.05, 3.63) is 70.5 Å². The summed E-state index contributed by atoms with van der Waals surface area (Å²) in [5.74, 6) is 0.804. The lowest BCUT2D eigenvalue weighted by Crippen LogP contribution is -2.31. The van der Waals surface area contributed by atoms with E-state index in [1.165, 1.54) is 0 Å². The Morgan fingerprint density at radius 3 is 2.51 bits per heavy atom. The second-order valence-corrected chi connectivity index (χ2v) is 10.2. The first-order valence-corrected chi connectivity index (χ1v) is 12.8. The molecule has 1 aliphatic rings. The lowest BCUT2D eigenvalue weighted by Gasteiger charge is -2.21. The van der Waals surface area contributed by atoms with Gasteiger partial charge in [0.1, 0.15) is 12.1 Å². The number of anilines is 3. The van der Waals surface area contributed by atoms with E-state index in [-0.39, 0.29) is 22.2 Å². The Balaban J connectivity index is 1.50. The van der Waals surface area contributed by atoms with Crippen LogP contribution >= 0.6 is 23.2 Å². The van der Waals surface area contributed by atoms with Gasteiger partial charge in [-0.1, -0.05) is 29.3 Å². The number of carbonyl (C=O) groups is 1. The van der Waals surface area contributed by atoms with Crippen LogP contribution in [0.3, 0.4) is 0 Å². The smallest absolute Gasteiger partial charge is 0.152 e. The topological polar surface area (TPSA) is 81.6 Å². The second kappa shape index (κ2) is 10.5. The minimum absolute atomic E-state index is 0.146. The maximum Gasteiger partial charge on any atom is 0.152 e. The molecule has 190 valence electrons. The van der Waals surface area contributed by atoms with Gasteiger partial charge in [0, 0.05) is 42.7 Å². The first kappa shape index (κ1) is 25.3. The molecule has 0 spiro atoms. The van der Waals surface area contributed by atoms with Crippen molar-refractivity contribution in [1.82, 2.24) is 14.9 Å². The number of carbonyl (C=O) groups excluding carboxylic acids is 1. The Morgan fingerprint density at radius 1 is 1.08 bits per heavy atom. The molecule has 2 aromatic heterocycles. The normalized spacial score (nSPS) is 15.5. The molecule has 37 heavy (non-hydrogen) atoms. The van der Waals surface area contributed by atoms with Gasteiger partial charge in [0.25, 0.3) is 0 Å². The van der Waals surface area contributed by atoms with Crippen LogP contribution in [0.15, 0.2) is 54.9 Å². The largest absolute Gasteiger partial charge is 0.505 e. The third-order valence-electron chi connectivity index (χ3n) is 6.83. The molecule has 0 radical (unpaired) electrons. The molecular formula is C28H27Cl2N5O2. The molecule has 1 fully saturated rings. The zero-order valence-corrected chi connectivity index (χ0v) is 22.1. The number of aromatic hydroxyl groups is 1. The SMILES string of the molecule is CN(C)C1CCN(c2ccc(Nc3c(CC=O)cnc4ccc(-c5cc(Cl)c(O)c(Cl)c5)cc34)cn2)C1. The zero-order chi connectivity index (χ0) is 26.1. The van der Waals surface area contributed by atoms with E-state index >= 15 is 0 Å². The van der Waals surface area contributed by atoms with E-state index < -0.39 is 0 Å². The van der Waals surface area contributed by atoms with Crippen molar-refractivity contribution < 1.29 is 9.90 Å². The summed E-state index contributed by atoms with van der Waals surface area (Å²) >= 11 is 12.3. The van der Waals surface area contributed by atoms with Crippen molar-refractivity contribution in [3.8, 4) is 16.9 Å². The Morgan fingerprint density at radius 2 is 1.86 bits per heavy atom. The summed E-state index contributed by atoms with van der Waals surface area (Å²) < 4.78 is 0. The number of aldehydes is 1. The minimum Gasteiger partial charge on any atom is -0.505 e. The van der Waals surface area contributed by atoms with Crippen molar-refractivity contribution in [2.45, 2.75) is 18.9 Å². The van der Waals surface area contributed by atoms with Crippen LogP contribution in [0.25, 0.3) is 22.0 Å². The fraction of sp³-hybridized carbons (Fsp3) is 0.250. The van der Waals surface area contributed by atoms with Gasteiger partial charge in [-0.15, -0.1) is 0 Å². The summed E-state index contributed by atoms with van der Waals surface area (Å²) in [6.45, 7) is 1.94. The summed E-state index contributed by atoms with van der Waals surface area (Å²) in [4.78, 5) is 25.3. The van der Waals surface area contributed by atoms with Crippen LogP contribution < -0.4 is 10.2 Å². The van der Waals surface area contributed by atoms with Crippen LogP contribution in [0.5, 0.6) is 5.75 Å². The van der Waals surface area contributed by atoms with E-state index in [0.29, 0.717) is 6.04 Å². The molecule has 0 saturated carbocycles. The lowest BCUT2D eigenvalue weighted by atomic mass is 10.00. The van der Waals surface area contributed by atoms with Crippen molar-refractivity contribution in [2.75, 3.05) is 37.4 Å². The number of halogens is 2. The molecule has 0 aliphatic carbocycles. The zero-order valence-electron chi connectivity index (χ0n) is 20.6. The molecule has 3 heterocycles. The van der Waals surface area contributed by atoms with Crippen LogP contribution in [-0.4, -0.2) is 59.5 Å². The number of fused-ring (bicyclic) bond motifs is 1. The van der Waals surface area contributed by atoms with Gasteiger partial charge in [0.05, 0.1) is 33.1 Å². The van der Waals surface area contributed by atoms with Gasteiger partial charge in [-0.25, -0.2) is 4.98 Å². The average Bonchev–Trinajstić information content (AvgIpc) is 3.39. The standard InChI is InChI=1S/C28H27Cl2N5O2/c1-34(2)21-7-9-35(16-21)26-6-4-20(15-32-26)33-27-18(8-10-36)14-31-25-5-3-17(11-22(25)27)19-12-23(29)28(37)24(30)13-19/h3-6,10-15,21,37H,7-9,16H2,1-2H3,(H,31,33). The summed E-state index contributed by atoms with van der Waals surface area (Å²) in [6, 6.07) is 13.7. The number of pyridine rings is 2. The minimum atomic E-state index is -0.146. The maximum atomic E-state index is 11.4. The van der Waals surface area contributed by atoms with Crippen molar-refractivity contribution in [3.63, 3.8) is 0 Å². The molecule has 0 bridgehead atoms. The molecule has 9 heteroatoms. The molecule has 4 aromatic rings. The number of phenolic OH excluding ortho intramolecular Hbond substituents is 1. The molecule has 1 saturated heterocycles. The van der Waals surface area contributed by atoms with Crippen molar-refractivity contribution in [1.29, 1.82) is 0 Å². The summed E-state index contributed by atoms with van der Waals surface area (Å²) in [6.07, 6.45) is 5.75. The highest BCUT2D eigenvalue weighted by atomic mass is 35.5. The van der Waals surface area contributed by atoms with Gasteiger partial charge >= 0.3 is 0 Å². The van der Waals surface area contributed by atoms with E-state index in [1.807, 2.05) is 36.5 Å². The third kappa shape index (κ3) is 5.21. The van der Waals surface area contributed by atoms with E-state index in [9.17, 15) is 9.90 Å². The van der Waals surface area contributed by atoms with Gasteiger partial charge in [0.15, 0.2) is 5.75 Å². The number of nitrogens with zero attached hydrogens (tertiary/aromatic N) is 4. The highest BCUT2D eigenvalue weighted by Crippen LogP contribution is 2.38. The lowest BCUT2D eigenvalue weighted by molar-refractivity contribution is -0.107. The maximum absolute atomic E-state index is 11.4. The highest BCUT2D eigenvalue weighted by Gasteiger charge is 2.24. The van der Waals surface area contributed by atoms with E-state index in [2.05, 4.69) is 34.2 Å². The summed E-state index contributed by atoms with van der Waals surface area (Å²) in [5.41, 5.74) is 4.76. The molecule has 7 nitrogen and oxygen atoms in total.